The fourth-order valence-electron chi connectivity index (χ4n) is 5.69. The number of nitrogens with one attached hydrogen (secondary N) is 2. The molecule has 2 atom stereocenters. The number of amides is 1. The Bertz CT molecular complexity index is 1590. The predicted octanol–water partition coefficient (Wildman–Crippen LogP) is 4.05. The Kier molecular flexibility index (Phi) is 6.28. The van der Waals surface area contributed by atoms with Crippen molar-refractivity contribution in [3.8, 4) is 17.4 Å². The number of para-hydroxylation sites is 1. The molecule has 3 aromatic carbocycles. The van der Waals surface area contributed by atoms with E-state index in [9.17, 15) is 9.59 Å². The number of rotatable bonds is 7. The largest absolute Gasteiger partial charge is 0.455 e. The van der Waals surface area contributed by atoms with Crippen LogP contribution in [0.15, 0.2) is 82.0 Å². The number of benzene rings is 3. The lowest BCUT2D eigenvalue weighted by Crippen LogP contribution is -2.38. The molecule has 38 heavy (non-hydrogen) atoms. The van der Waals surface area contributed by atoms with Crippen molar-refractivity contribution >= 4 is 16.9 Å². The van der Waals surface area contributed by atoms with Crippen molar-refractivity contribution in [3.05, 3.63) is 105 Å². The van der Waals surface area contributed by atoms with Gasteiger partial charge in [-0.1, -0.05) is 48.5 Å². The summed E-state index contributed by atoms with van der Waals surface area (Å²) < 4.78 is 6.18. The second-order valence-corrected chi connectivity index (χ2v) is 10.2. The van der Waals surface area contributed by atoms with E-state index in [1.54, 1.807) is 25.1 Å². The zero-order chi connectivity index (χ0) is 26.2. The lowest BCUT2D eigenvalue weighted by molar-refractivity contribution is 0.0950. The van der Waals surface area contributed by atoms with Crippen LogP contribution in [0.4, 0.5) is 0 Å². The van der Waals surface area contributed by atoms with Crippen molar-refractivity contribution < 1.29 is 9.21 Å². The molecule has 1 saturated heterocycles. The van der Waals surface area contributed by atoms with Crippen LogP contribution < -0.4 is 16.1 Å². The van der Waals surface area contributed by atoms with Gasteiger partial charge in [0.05, 0.1) is 29.3 Å². The molecule has 7 heteroatoms. The Hall–Kier alpha value is -4.25. The van der Waals surface area contributed by atoms with Crippen LogP contribution in [-0.2, 0) is 6.54 Å². The third kappa shape index (κ3) is 4.49. The van der Waals surface area contributed by atoms with Gasteiger partial charge in [0.25, 0.3) is 5.91 Å². The van der Waals surface area contributed by atoms with Crippen molar-refractivity contribution in [3.63, 3.8) is 0 Å². The summed E-state index contributed by atoms with van der Waals surface area (Å²) in [6.45, 7) is 5.03. The second kappa shape index (κ2) is 9.90. The quantitative estimate of drug-likeness (QED) is 0.369. The molecule has 4 aromatic rings. The van der Waals surface area contributed by atoms with Gasteiger partial charge in [-0.2, -0.15) is 5.26 Å². The Morgan fingerprint density at radius 2 is 1.76 bits per heavy atom. The summed E-state index contributed by atoms with van der Waals surface area (Å²) in [6.07, 6.45) is 0. The topological polar surface area (TPSA) is 98.4 Å². The average molecular weight is 505 g/mol. The van der Waals surface area contributed by atoms with Gasteiger partial charge in [-0.3, -0.25) is 19.8 Å². The number of fused-ring (bicyclic) bond motifs is 2. The highest BCUT2D eigenvalue weighted by atomic mass is 16.3. The van der Waals surface area contributed by atoms with Crippen LogP contribution in [0, 0.1) is 30.1 Å². The van der Waals surface area contributed by atoms with Crippen LogP contribution >= 0.6 is 0 Å². The van der Waals surface area contributed by atoms with E-state index < -0.39 is 0 Å². The first-order chi connectivity index (χ1) is 18.5. The maximum atomic E-state index is 13.1. The summed E-state index contributed by atoms with van der Waals surface area (Å²) in [7, 11) is 0. The van der Waals surface area contributed by atoms with Crippen molar-refractivity contribution in [2.45, 2.75) is 19.5 Å². The van der Waals surface area contributed by atoms with Gasteiger partial charge in [-0.05, 0) is 48.6 Å². The standard InChI is InChI=1S/C31H28N4O3/c1-19-28(36)23-8-5-9-24(30(23)38-29(19)22-6-3-2-4-7-22)31(37)34-18-33-27-25-16-35(17-26(25)27)15-21-12-10-20(14-32)11-13-21/h2-13,25-27,33H,15-18H2,1H3,(H,34,37). The minimum Gasteiger partial charge on any atom is -0.455 e. The number of piperidine rings is 1. The third-order valence-electron chi connectivity index (χ3n) is 7.77. The molecule has 0 radical (unpaired) electrons. The highest BCUT2D eigenvalue weighted by Crippen LogP contribution is 2.45. The van der Waals surface area contributed by atoms with Gasteiger partial charge < -0.3 is 9.73 Å². The minimum atomic E-state index is -0.276. The first-order valence-corrected chi connectivity index (χ1v) is 12.9. The number of nitrogens with zero attached hydrogens (tertiary/aromatic N) is 2. The van der Waals surface area contributed by atoms with E-state index in [1.165, 1.54) is 5.56 Å². The molecule has 1 aromatic heterocycles. The Morgan fingerprint density at radius 1 is 1.03 bits per heavy atom. The Labute approximate surface area is 220 Å². The summed E-state index contributed by atoms with van der Waals surface area (Å²) >= 11 is 0. The highest BCUT2D eigenvalue weighted by molar-refractivity contribution is 6.05. The van der Waals surface area contributed by atoms with Crippen molar-refractivity contribution in [2.24, 2.45) is 11.8 Å². The molecule has 7 nitrogen and oxygen atoms in total. The van der Waals surface area contributed by atoms with Crippen molar-refractivity contribution in [1.82, 2.24) is 15.5 Å². The molecule has 0 bridgehead atoms. The zero-order valence-corrected chi connectivity index (χ0v) is 21.1. The Morgan fingerprint density at radius 3 is 2.47 bits per heavy atom. The normalized spacial score (nSPS) is 20.2. The molecule has 6 rings (SSSR count). The van der Waals surface area contributed by atoms with E-state index in [2.05, 4.69) is 21.6 Å². The molecule has 1 aliphatic heterocycles. The van der Waals surface area contributed by atoms with Gasteiger partial charge in [0.1, 0.15) is 5.76 Å². The van der Waals surface area contributed by atoms with Gasteiger partial charge in [0, 0.05) is 36.8 Å². The molecule has 0 spiro atoms. The smallest absolute Gasteiger partial charge is 0.256 e. The summed E-state index contributed by atoms with van der Waals surface area (Å²) in [5.41, 5.74) is 3.75. The lowest BCUT2D eigenvalue weighted by atomic mass is 10.0. The molecule has 1 amide bonds. The molecular formula is C31H28N4O3. The molecule has 2 N–H and O–H groups in total. The van der Waals surface area contributed by atoms with Crippen LogP contribution in [0.1, 0.15) is 27.0 Å². The monoisotopic (exact) mass is 504 g/mol. The maximum Gasteiger partial charge on any atom is 0.256 e. The predicted molar refractivity (Wildman–Crippen MR) is 145 cm³/mol. The van der Waals surface area contributed by atoms with Gasteiger partial charge in [0.15, 0.2) is 11.0 Å². The van der Waals surface area contributed by atoms with Crippen LogP contribution in [0.25, 0.3) is 22.3 Å². The van der Waals surface area contributed by atoms with Gasteiger partial charge in [-0.15, -0.1) is 0 Å². The van der Waals surface area contributed by atoms with E-state index in [1.807, 2.05) is 54.6 Å². The van der Waals surface area contributed by atoms with E-state index in [0.29, 0.717) is 58.0 Å². The van der Waals surface area contributed by atoms with Crippen LogP contribution in [0.5, 0.6) is 0 Å². The maximum absolute atomic E-state index is 13.1. The molecular weight excluding hydrogens is 476 g/mol. The van der Waals surface area contributed by atoms with E-state index in [0.717, 1.165) is 25.2 Å². The molecule has 190 valence electrons. The second-order valence-electron chi connectivity index (χ2n) is 10.2. The number of hydrogen-bond acceptors (Lipinski definition) is 6. The van der Waals surface area contributed by atoms with Gasteiger partial charge in [0.2, 0.25) is 0 Å². The van der Waals surface area contributed by atoms with Crippen LogP contribution in [-0.4, -0.2) is 36.6 Å². The fraction of sp³-hybridized carbons (Fsp3) is 0.258. The highest BCUT2D eigenvalue weighted by Gasteiger charge is 2.55. The van der Waals surface area contributed by atoms with E-state index in [-0.39, 0.29) is 11.3 Å². The molecule has 2 unspecified atom stereocenters. The van der Waals surface area contributed by atoms with Crippen LogP contribution in [0.2, 0.25) is 0 Å². The number of hydrogen-bond donors (Lipinski definition) is 2. The third-order valence-corrected chi connectivity index (χ3v) is 7.77. The molecule has 2 heterocycles. The van der Waals surface area contributed by atoms with Gasteiger partial charge in [-0.25, -0.2) is 0 Å². The minimum absolute atomic E-state index is 0.130. The van der Waals surface area contributed by atoms with Crippen molar-refractivity contribution in [2.75, 3.05) is 19.8 Å². The average Bonchev–Trinajstić information content (AvgIpc) is 3.40. The summed E-state index contributed by atoms with van der Waals surface area (Å²) in [6, 6.07) is 24.9. The fourth-order valence-corrected chi connectivity index (χ4v) is 5.69. The molecule has 1 aliphatic carbocycles. The molecule has 2 fully saturated rings. The van der Waals surface area contributed by atoms with Crippen LogP contribution in [0.3, 0.4) is 0 Å². The summed E-state index contributed by atoms with van der Waals surface area (Å²) in [5.74, 6) is 1.37. The number of likely N-dealkylation sites (tertiary alicyclic amines) is 1. The number of carbonyl (C=O) groups is 1. The van der Waals surface area contributed by atoms with E-state index >= 15 is 0 Å². The summed E-state index contributed by atoms with van der Waals surface area (Å²) in [5, 5.41) is 15.8. The SMILES string of the molecule is Cc1c(-c2ccccc2)oc2c(C(=O)NCNC3C4CN(Cc5ccc(C#N)cc5)CC43)cccc2c1=O. The van der Waals surface area contributed by atoms with Gasteiger partial charge >= 0.3 is 0 Å². The summed E-state index contributed by atoms with van der Waals surface area (Å²) in [4.78, 5) is 28.6. The first kappa shape index (κ1) is 24.1. The first-order valence-electron chi connectivity index (χ1n) is 12.9. The Balaban J connectivity index is 1.07. The molecule has 1 saturated carbocycles. The van der Waals surface area contributed by atoms with Crippen molar-refractivity contribution in [1.29, 1.82) is 5.26 Å². The van der Waals surface area contributed by atoms with E-state index in [4.69, 9.17) is 9.68 Å². The number of nitriles is 1. The number of carbonyl (C=O) groups excluding carboxylic acids is 1. The lowest BCUT2D eigenvalue weighted by Gasteiger charge is -2.20. The molecule has 2 aliphatic rings. The zero-order valence-electron chi connectivity index (χ0n) is 21.1.